The Hall–Kier alpha value is -1.38. The largest absolute Gasteiger partial charge is 0.391 e. The molecule has 0 spiro atoms. The van der Waals surface area contributed by atoms with Crippen molar-refractivity contribution in [2.75, 3.05) is 6.61 Å². The number of ether oxygens (including phenoxy) is 1. The van der Waals surface area contributed by atoms with Crippen molar-refractivity contribution in [3.8, 4) is 0 Å². The minimum absolute atomic E-state index is 0.338. The third kappa shape index (κ3) is 3.56. The summed E-state index contributed by atoms with van der Waals surface area (Å²) < 4.78 is 5.53. The second-order valence-electron chi connectivity index (χ2n) is 4.64. The maximum atomic E-state index is 9.57. The first-order valence-corrected chi connectivity index (χ1v) is 6.53. The van der Waals surface area contributed by atoms with E-state index >= 15 is 0 Å². The Morgan fingerprint density at radius 2 is 1.89 bits per heavy atom. The molecule has 2 rings (SSSR count). The van der Waals surface area contributed by atoms with Gasteiger partial charge in [-0.05, 0) is 28.8 Å². The molecule has 1 unspecified atom stereocenters. The van der Waals surface area contributed by atoms with Crippen LogP contribution in [-0.2, 0) is 11.3 Å². The molecule has 0 saturated carbocycles. The van der Waals surface area contributed by atoms with E-state index in [-0.39, 0.29) is 6.10 Å². The van der Waals surface area contributed by atoms with Gasteiger partial charge in [0.1, 0.15) is 0 Å². The molecule has 2 aromatic carbocycles. The van der Waals surface area contributed by atoms with Crippen LogP contribution in [0.3, 0.4) is 0 Å². The molecule has 0 amide bonds. The fourth-order valence-corrected chi connectivity index (χ4v) is 2.06. The average molecular weight is 244 g/mol. The van der Waals surface area contributed by atoms with Crippen LogP contribution in [0.25, 0.3) is 10.8 Å². The molecule has 0 aliphatic rings. The van der Waals surface area contributed by atoms with E-state index in [0.29, 0.717) is 13.2 Å². The van der Waals surface area contributed by atoms with E-state index in [0.717, 1.165) is 18.4 Å². The van der Waals surface area contributed by atoms with Crippen molar-refractivity contribution in [1.82, 2.24) is 0 Å². The summed E-state index contributed by atoms with van der Waals surface area (Å²) in [5.41, 5.74) is 1.15. The first-order chi connectivity index (χ1) is 8.79. The van der Waals surface area contributed by atoms with Crippen molar-refractivity contribution in [1.29, 1.82) is 0 Å². The van der Waals surface area contributed by atoms with Crippen molar-refractivity contribution in [3.63, 3.8) is 0 Å². The van der Waals surface area contributed by atoms with Crippen LogP contribution in [0, 0.1) is 0 Å². The number of hydrogen-bond donors (Lipinski definition) is 1. The van der Waals surface area contributed by atoms with Gasteiger partial charge in [-0.25, -0.2) is 0 Å². The highest BCUT2D eigenvalue weighted by molar-refractivity contribution is 5.82. The molecule has 0 heterocycles. The second kappa shape index (κ2) is 6.53. The molecule has 2 aromatic rings. The Balaban J connectivity index is 1.91. The number of aliphatic hydroxyl groups excluding tert-OH is 1. The zero-order chi connectivity index (χ0) is 12.8. The summed E-state index contributed by atoms with van der Waals surface area (Å²) in [5, 5.41) is 12.0. The fraction of sp³-hybridized carbons (Fsp3) is 0.375. The SMILES string of the molecule is CCCC(O)COCc1ccc2ccccc2c1. The second-order valence-corrected chi connectivity index (χ2v) is 4.64. The number of hydrogen-bond acceptors (Lipinski definition) is 2. The van der Waals surface area contributed by atoms with E-state index in [1.54, 1.807) is 0 Å². The summed E-state index contributed by atoms with van der Waals surface area (Å²) in [6.07, 6.45) is 1.45. The quantitative estimate of drug-likeness (QED) is 0.842. The maximum Gasteiger partial charge on any atom is 0.0773 e. The van der Waals surface area contributed by atoms with Gasteiger partial charge in [0.2, 0.25) is 0 Å². The van der Waals surface area contributed by atoms with Gasteiger partial charge in [0.05, 0.1) is 19.3 Å². The van der Waals surface area contributed by atoms with Crippen LogP contribution in [0.15, 0.2) is 42.5 Å². The van der Waals surface area contributed by atoms with Crippen LogP contribution in [0.1, 0.15) is 25.3 Å². The predicted octanol–water partition coefficient (Wildman–Crippen LogP) is 3.52. The van der Waals surface area contributed by atoms with E-state index in [9.17, 15) is 5.11 Å². The third-order valence-electron chi connectivity index (χ3n) is 3.01. The molecule has 0 bridgehead atoms. The smallest absolute Gasteiger partial charge is 0.0773 e. The topological polar surface area (TPSA) is 29.5 Å². The molecule has 2 heteroatoms. The molecule has 0 radical (unpaired) electrons. The molecule has 1 atom stereocenters. The molecule has 96 valence electrons. The van der Waals surface area contributed by atoms with Crippen LogP contribution in [0.5, 0.6) is 0 Å². The molecule has 1 N–H and O–H groups in total. The van der Waals surface area contributed by atoms with Gasteiger partial charge in [0, 0.05) is 0 Å². The van der Waals surface area contributed by atoms with Crippen molar-refractivity contribution >= 4 is 10.8 Å². The van der Waals surface area contributed by atoms with Gasteiger partial charge in [0.15, 0.2) is 0 Å². The molecule has 0 saturated heterocycles. The monoisotopic (exact) mass is 244 g/mol. The Labute approximate surface area is 108 Å². The highest BCUT2D eigenvalue weighted by atomic mass is 16.5. The molecule has 0 fully saturated rings. The summed E-state index contributed by atoms with van der Waals surface area (Å²) in [7, 11) is 0. The van der Waals surface area contributed by atoms with Gasteiger partial charge in [-0.3, -0.25) is 0 Å². The Bertz CT molecular complexity index is 493. The third-order valence-corrected chi connectivity index (χ3v) is 3.01. The molecule has 0 aliphatic heterocycles. The lowest BCUT2D eigenvalue weighted by molar-refractivity contribution is 0.0243. The molecule has 0 aliphatic carbocycles. The maximum absolute atomic E-state index is 9.57. The van der Waals surface area contributed by atoms with Crippen LogP contribution < -0.4 is 0 Å². The summed E-state index contributed by atoms with van der Waals surface area (Å²) in [5.74, 6) is 0. The lowest BCUT2D eigenvalue weighted by Gasteiger charge is -2.10. The molecular formula is C16H20O2. The van der Waals surface area contributed by atoms with E-state index in [4.69, 9.17) is 4.74 Å². The summed E-state index contributed by atoms with van der Waals surface area (Å²) in [6, 6.07) is 14.6. The Morgan fingerprint density at radius 3 is 2.67 bits per heavy atom. The van der Waals surface area contributed by atoms with Gasteiger partial charge >= 0.3 is 0 Å². The van der Waals surface area contributed by atoms with E-state index in [1.165, 1.54) is 10.8 Å². The van der Waals surface area contributed by atoms with Gasteiger partial charge in [-0.15, -0.1) is 0 Å². The number of fused-ring (bicyclic) bond motifs is 1. The summed E-state index contributed by atoms with van der Waals surface area (Å²) in [6.45, 7) is 3.04. The molecule has 0 aromatic heterocycles. The normalized spacial score (nSPS) is 12.8. The zero-order valence-electron chi connectivity index (χ0n) is 10.8. The highest BCUT2D eigenvalue weighted by Crippen LogP contribution is 2.16. The number of rotatable bonds is 6. The molecule has 2 nitrogen and oxygen atoms in total. The summed E-state index contributed by atoms with van der Waals surface area (Å²) >= 11 is 0. The van der Waals surface area contributed by atoms with Crippen molar-refractivity contribution < 1.29 is 9.84 Å². The molecule has 18 heavy (non-hydrogen) atoms. The van der Waals surface area contributed by atoms with Crippen molar-refractivity contribution in [2.24, 2.45) is 0 Å². The number of benzene rings is 2. The van der Waals surface area contributed by atoms with Crippen LogP contribution in [0.4, 0.5) is 0 Å². The first kappa shape index (κ1) is 13.1. The van der Waals surface area contributed by atoms with Crippen LogP contribution in [-0.4, -0.2) is 17.8 Å². The number of aliphatic hydroxyl groups is 1. The first-order valence-electron chi connectivity index (χ1n) is 6.53. The fourth-order valence-electron chi connectivity index (χ4n) is 2.06. The zero-order valence-corrected chi connectivity index (χ0v) is 10.8. The van der Waals surface area contributed by atoms with Crippen molar-refractivity contribution in [3.05, 3.63) is 48.0 Å². The standard InChI is InChI=1S/C16H20O2/c1-2-5-16(17)12-18-11-13-8-9-14-6-3-4-7-15(14)10-13/h3-4,6-10,16-17H,2,5,11-12H2,1H3. The van der Waals surface area contributed by atoms with Gasteiger partial charge in [-0.2, -0.15) is 0 Å². The van der Waals surface area contributed by atoms with E-state index < -0.39 is 0 Å². The van der Waals surface area contributed by atoms with E-state index in [2.05, 4.69) is 37.3 Å². The predicted molar refractivity (Wildman–Crippen MR) is 74.5 cm³/mol. The minimum atomic E-state index is -0.338. The van der Waals surface area contributed by atoms with Crippen LogP contribution in [0.2, 0.25) is 0 Å². The lowest BCUT2D eigenvalue weighted by atomic mass is 10.1. The van der Waals surface area contributed by atoms with Gasteiger partial charge in [-0.1, -0.05) is 49.7 Å². The molecular weight excluding hydrogens is 224 g/mol. The Kier molecular flexibility index (Phi) is 4.73. The Morgan fingerprint density at radius 1 is 1.11 bits per heavy atom. The van der Waals surface area contributed by atoms with Crippen molar-refractivity contribution in [2.45, 2.75) is 32.5 Å². The van der Waals surface area contributed by atoms with Crippen LogP contribution >= 0.6 is 0 Å². The minimum Gasteiger partial charge on any atom is -0.391 e. The van der Waals surface area contributed by atoms with E-state index in [1.807, 2.05) is 12.1 Å². The lowest BCUT2D eigenvalue weighted by Crippen LogP contribution is -2.14. The van der Waals surface area contributed by atoms with Gasteiger partial charge < -0.3 is 9.84 Å². The highest BCUT2D eigenvalue weighted by Gasteiger charge is 2.03. The van der Waals surface area contributed by atoms with Gasteiger partial charge in [0.25, 0.3) is 0 Å². The summed E-state index contributed by atoms with van der Waals surface area (Å²) in [4.78, 5) is 0. The average Bonchev–Trinajstić information content (AvgIpc) is 2.39.